The van der Waals surface area contributed by atoms with Crippen molar-refractivity contribution >= 4 is 0 Å². The smallest absolute Gasteiger partial charge is 0.127 e. The van der Waals surface area contributed by atoms with Gasteiger partial charge >= 0.3 is 0 Å². The number of nitrogens with zero attached hydrogens (tertiary/aromatic N) is 2. The lowest BCUT2D eigenvalue weighted by Gasteiger charge is -1.97. The van der Waals surface area contributed by atoms with Crippen LogP contribution >= 0.6 is 0 Å². The van der Waals surface area contributed by atoms with Gasteiger partial charge in [-0.2, -0.15) is 0 Å². The first kappa shape index (κ1) is 7.98. The SMILES string of the molecule is Cc1cncc(Cc2cnoc2)c1. The zero-order chi connectivity index (χ0) is 9.10. The second-order valence-electron chi connectivity index (χ2n) is 3.08. The van der Waals surface area contributed by atoms with E-state index in [9.17, 15) is 0 Å². The van der Waals surface area contributed by atoms with E-state index in [2.05, 4.69) is 16.2 Å². The van der Waals surface area contributed by atoms with E-state index in [1.807, 2.05) is 19.3 Å². The lowest BCUT2D eigenvalue weighted by molar-refractivity contribution is 0.419. The van der Waals surface area contributed by atoms with Gasteiger partial charge in [-0.25, -0.2) is 0 Å². The number of aromatic nitrogens is 2. The van der Waals surface area contributed by atoms with Gasteiger partial charge < -0.3 is 4.52 Å². The molecule has 0 bridgehead atoms. The summed E-state index contributed by atoms with van der Waals surface area (Å²) in [6, 6.07) is 2.11. The van der Waals surface area contributed by atoms with Gasteiger partial charge in [0.1, 0.15) is 6.26 Å². The molecule has 2 aromatic heterocycles. The predicted molar refractivity (Wildman–Crippen MR) is 48.3 cm³/mol. The fourth-order valence-electron chi connectivity index (χ4n) is 1.26. The molecule has 0 saturated carbocycles. The Morgan fingerprint density at radius 2 is 2.15 bits per heavy atom. The molecule has 3 heteroatoms. The molecule has 2 heterocycles. The molecule has 66 valence electrons. The van der Waals surface area contributed by atoms with Gasteiger partial charge in [-0.1, -0.05) is 11.2 Å². The zero-order valence-corrected chi connectivity index (χ0v) is 7.40. The molecule has 0 aliphatic heterocycles. The van der Waals surface area contributed by atoms with Crippen LogP contribution in [0.2, 0.25) is 0 Å². The van der Waals surface area contributed by atoms with Crippen LogP contribution in [0.1, 0.15) is 16.7 Å². The topological polar surface area (TPSA) is 38.9 Å². The van der Waals surface area contributed by atoms with E-state index in [1.54, 1.807) is 12.5 Å². The molecule has 2 aromatic rings. The molecule has 0 spiro atoms. The highest BCUT2D eigenvalue weighted by atomic mass is 16.5. The Bertz CT molecular complexity index is 382. The van der Waals surface area contributed by atoms with Gasteiger partial charge in [0, 0.05) is 24.4 Å². The molecule has 0 aliphatic rings. The van der Waals surface area contributed by atoms with Crippen LogP contribution in [0.3, 0.4) is 0 Å². The highest BCUT2D eigenvalue weighted by Crippen LogP contribution is 2.08. The maximum Gasteiger partial charge on any atom is 0.127 e. The van der Waals surface area contributed by atoms with E-state index in [0.717, 1.165) is 12.0 Å². The summed E-state index contributed by atoms with van der Waals surface area (Å²) in [7, 11) is 0. The minimum absolute atomic E-state index is 0.832. The molecule has 0 radical (unpaired) electrons. The first-order chi connectivity index (χ1) is 6.34. The lowest BCUT2D eigenvalue weighted by Crippen LogP contribution is -1.88. The molecule has 0 atom stereocenters. The summed E-state index contributed by atoms with van der Waals surface area (Å²) in [5.74, 6) is 0. The summed E-state index contributed by atoms with van der Waals surface area (Å²) in [4.78, 5) is 4.11. The van der Waals surface area contributed by atoms with Crippen molar-refractivity contribution in [3.63, 3.8) is 0 Å². The molecular formula is C10H10N2O. The average molecular weight is 174 g/mol. The predicted octanol–water partition coefficient (Wildman–Crippen LogP) is 1.97. The number of hydrogen-bond donors (Lipinski definition) is 0. The van der Waals surface area contributed by atoms with Crippen LogP contribution in [0.15, 0.2) is 35.4 Å². The van der Waals surface area contributed by atoms with Crippen molar-refractivity contribution in [2.75, 3.05) is 0 Å². The molecule has 0 fully saturated rings. The van der Waals surface area contributed by atoms with E-state index in [-0.39, 0.29) is 0 Å². The van der Waals surface area contributed by atoms with Crippen LogP contribution in [-0.4, -0.2) is 10.1 Å². The standard InChI is InChI=1S/C10H10N2O/c1-8-2-9(5-11-4-8)3-10-6-12-13-7-10/h2,4-7H,3H2,1H3. The number of pyridine rings is 1. The monoisotopic (exact) mass is 174 g/mol. The van der Waals surface area contributed by atoms with Crippen molar-refractivity contribution in [2.24, 2.45) is 0 Å². The summed E-state index contributed by atoms with van der Waals surface area (Å²) < 4.78 is 4.75. The highest BCUT2D eigenvalue weighted by Gasteiger charge is 1.98. The summed E-state index contributed by atoms with van der Waals surface area (Å²) in [5.41, 5.74) is 3.43. The van der Waals surface area contributed by atoms with Crippen LogP contribution in [0.5, 0.6) is 0 Å². The van der Waals surface area contributed by atoms with E-state index in [0.29, 0.717) is 0 Å². The van der Waals surface area contributed by atoms with Gasteiger partial charge in [0.2, 0.25) is 0 Å². The molecular weight excluding hydrogens is 164 g/mol. The molecule has 0 saturated heterocycles. The van der Waals surface area contributed by atoms with E-state index < -0.39 is 0 Å². The van der Waals surface area contributed by atoms with Gasteiger partial charge in [-0.05, 0) is 18.1 Å². The van der Waals surface area contributed by atoms with Crippen LogP contribution in [-0.2, 0) is 6.42 Å². The maximum atomic E-state index is 4.75. The van der Waals surface area contributed by atoms with Gasteiger partial charge in [0.15, 0.2) is 0 Å². The van der Waals surface area contributed by atoms with Gasteiger partial charge in [0.05, 0.1) is 6.20 Å². The average Bonchev–Trinajstić information content (AvgIpc) is 2.57. The molecule has 2 rings (SSSR count). The van der Waals surface area contributed by atoms with Crippen LogP contribution in [0.25, 0.3) is 0 Å². The first-order valence-corrected chi connectivity index (χ1v) is 4.13. The third-order valence-corrected chi connectivity index (χ3v) is 1.82. The molecule has 0 aromatic carbocycles. The maximum absolute atomic E-state index is 4.75. The lowest BCUT2D eigenvalue weighted by atomic mass is 10.1. The molecule has 0 aliphatic carbocycles. The van der Waals surface area contributed by atoms with E-state index >= 15 is 0 Å². The van der Waals surface area contributed by atoms with Crippen molar-refractivity contribution in [1.29, 1.82) is 0 Å². The summed E-state index contributed by atoms with van der Waals surface area (Å²) in [6.45, 7) is 2.03. The number of rotatable bonds is 2. The molecule has 0 unspecified atom stereocenters. The quantitative estimate of drug-likeness (QED) is 0.698. The number of hydrogen-bond acceptors (Lipinski definition) is 3. The second-order valence-corrected chi connectivity index (χ2v) is 3.08. The van der Waals surface area contributed by atoms with Crippen molar-refractivity contribution < 1.29 is 4.52 Å². The largest absolute Gasteiger partial charge is 0.364 e. The number of aryl methyl sites for hydroxylation is 1. The summed E-state index contributed by atoms with van der Waals surface area (Å²) in [6.07, 6.45) is 7.92. The van der Waals surface area contributed by atoms with Crippen LogP contribution in [0.4, 0.5) is 0 Å². The molecule has 3 nitrogen and oxygen atoms in total. The third kappa shape index (κ3) is 1.93. The van der Waals surface area contributed by atoms with Gasteiger partial charge in [-0.3, -0.25) is 4.98 Å². The Morgan fingerprint density at radius 3 is 2.85 bits per heavy atom. The van der Waals surface area contributed by atoms with E-state index in [1.165, 1.54) is 11.1 Å². The van der Waals surface area contributed by atoms with E-state index in [4.69, 9.17) is 4.52 Å². The molecule has 0 amide bonds. The van der Waals surface area contributed by atoms with Crippen molar-refractivity contribution in [3.05, 3.63) is 47.6 Å². The fraction of sp³-hybridized carbons (Fsp3) is 0.200. The fourth-order valence-corrected chi connectivity index (χ4v) is 1.26. The Balaban J connectivity index is 2.19. The Morgan fingerprint density at radius 1 is 1.23 bits per heavy atom. The Labute approximate surface area is 76.4 Å². The summed E-state index contributed by atoms with van der Waals surface area (Å²) in [5, 5.41) is 3.65. The minimum Gasteiger partial charge on any atom is -0.364 e. The normalized spacial score (nSPS) is 10.2. The van der Waals surface area contributed by atoms with Crippen LogP contribution < -0.4 is 0 Å². The highest BCUT2D eigenvalue weighted by molar-refractivity contribution is 5.22. The van der Waals surface area contributed by atoms with Gasteiger partial charge in [0.25, 0.3) is 0 Å². The van der Waals surface area contributed by atoms with Crippen molar-refractivity contribution in [2.45, 2.75) is 13.3 Å². The van der Waals surface area contributed by atoms with Gasteiger partial charge in [-0.15, -0.1) is 0 Å². The van der Waals surface area contributed by atoms with Crippen LogP contribution in [0, 0.1) is 6.92 Å². The Hall–Kier alpha value is -1.64. The molecule has 13 heavy (non-hydrogen) atoms. The second kappa shape index (κ2) is 3.39. The Kier molecular flexibility index (Phi) is 2.08. The minimum atomic E-state index is 0.832. The van der Waals surface area contributed by atoms with Crippen molar-refractivity contribution in [1.82, 2.24) is 10.1 Å². The van der Waals surface area contributed by atoms with Crippen molar-refractivity contribution in [3.8, 4) is 0 Å². The summed E-state index contributed by atoms with van der Waals surface area (Å²) >= 11 is 0. The first-order valence-electron chi connectivity index (χ1n) is 4.13. The third-order valence-electron chi connectivity index (χ3n) is 1.82. The zero-order valence-electron chi connectivity index (χ0n) is 7.40. The molecule has 0 N–H and O–H groups in total.